The molecule has 0 saturated heterocycles. The smallest absolute Gasteiger partial charge is 0.266 e. The molecule has 1 aromatic heterocycles. The first-order valence-electron chi connectivity index (χ1n) is 8.21. The van der Waals surface area contributed by atoms with Crippen molar-refractivity contribution >= 4 is 5.91 Å². The third-order valence-corrected chi connectivity index (χ3v) is 4.15. The summed E-state index contributed by atoms with van der Waals surface area (Å²) in [6, 6.07) is 8.47. The quantitative estimate of drug-likeness (QED) is 0.825. The Labute approximate surface area is 145 Å². The minimum atomic E-state index is -0.319. The van der Waals surface area contributed by atoms with E-state index in [2.05, 4.69) is 10.4 Å². The van der Waals surface area contributed by atoms with Crippen LogP contribution in [0.15, 0.2) is 35.1 Å². The predicted molar refractivity (Wildman–Crippen MR) is 92.4 cm³/mol. The van der Waals surface area contributed by atoms with Crippen molar-refractivity contribution in [3.8, 4) is 11.5 Å². The van der Waals surface area contributed by atoms with E-state index in [4.69, 9.17) is 9.47 Å². The van der Waals surface area contributed by atoms with Gasteiger partial charge in [-0.2, -0.15) is 5.10 Å². The average molecular weight is 343 g/mol. The highest BCUT2D eigenvalue weighted by Crippen LogP contribution is 2.38. The Kier molecular flexibility index (Phi) is 5.02. The molecule has 0 radical (unpaired) electrons. The number of rotatable bonds is 7. The normalized spacial score (nSPS) is 13.4. The molecule has 3 rings (SSSR count). The van der Waals surface area contributed by atoms with Crippen LogP contribution in [0, 0.1) is 0 Å². The van der Waals surface area contributed by atoms with Crippen LogP contribution in [0.25, 0.3) is 0 Å². The topological polar surface area (TPSA) is 82.4 Å². The number of amides is 1. The molecule has 132 valence electrons. The number of benzene rings is 1. The van der Waals surface area contributed by atoms with E-state index in [1.165, 1.54) is 25.0 Å². The van der Waals surface area contributed by atoms with Crippen molar-refractivity contribution in [2.24, 2.45) is 0 Å². The number of aromatic nitrogens is 2. The second-order valence-electron chi connectivity index (χ2n) is 5.89. The fraction of sp³-hybridized carbons (Fsp3) is 0.389. The van der Waals surface area contributed by atoms with E-state index in [0.717, 1.165) is 18.5 Å². The Balaban J connectivity index is 1.67. The monoisotopic (exact) mass is 343 g/mol. The zero-order chi connectivity index (χ0) is 17.8. The number of methoxy groups -OCH3 is 2. The van der Waals surface area contributed by atoms with Gasteiger partial charge in [0.15, 0.2) is 0 Å². The van der Waals surface area contributed by atoms with Crippen LogP contribution in [0.3, 0.4) is 0 Å². The number of ether oxygens (including phenoxy) is 2. The van der Waals surface area contributed by atoms with Crippen LogP contribution in [0.2, 0.25) is 0 Å². The Morgan fingerprint density at radius 3 is 2.48 bits per heavy atom. The lowest BCUT2D eigenvalue weighted by molar-refractivity contribution is 0.0945. The van der Waals surface area contributed by atoms with Gasteiger partial charge in [-0.1, -0.05) is 6.07 Å². The molecule has 0 atom stereocenters. The first-order chi connectivity index (χ1) is 12.1. The number of carbonyl (C=O) groups is 1. The van der Waals surface area contributed by atoms with Gasteiger partial charge in [-0.25, -0.2) is 4.68 Å². The van der Waals surface area contributed by atoms with Crippen molar-refractivity contribution in [3.05, 3.63) is 51.9 Å². The number of hydrogen-bond acceptors (Lipinski definition) is 5. The Morgan fingerprint density at radius 1 is 1.20 bits per heavy atom. The Bertz CT molecular complexity index is 805. The van der Waals surface area contributed by atoms with Crippen molar-refractivity contribution in [1.82, 2.24) is 15.1 Å². The molecule has 1 N–H and O–H groups in total. The summed E-state index contributed by atoms with van der Waals surface area (Å²) in [7, 11) is 3.00. The van der Waals surface area contributed by atoms with Crippen molar-refractivity contribution in [1.29, 1.82) is 0 Å². The molecule has 7 heteroatoms. The first-order valence-corrected chi connectivity index (χ1v) is 8.21. The summed E-state index contributed by atoms with van der Waals surface area (Å²) in [5.74, 6) is 1.02. The lowest BCUT2D eigenvalue weighted by Crippen LogP contribution is -2.32. The average Bonchev–Trinajstić information content (AvgIpc) is 3.47. The number of carbonyl (C=O) groups excluding carboxylic acids is 1. The van der Waals surface area contributed by atoms with Crippen LogP contribution >= 0.6 is 0 Å². The first kappa shape index (κ1) is 17.0. The minimum absolute atomic E-state index is 0.173. The van der Waals surface area contributed by atoms with Gasteiger partial charge >= 0.3 is 0 Å². The van der Waals surface area contributed by atoms with Gasteiger partial charge in [-0.3, -0.25) is 9.59 Å². The van der Waals surface area contributed by atoms with Crippen LogP contribution in [0.5, 0.6) is 11.5 Å². The van der Waals surface area contributed by atoms with Gasteiger partial charge in [-0.05, 0) is 31.0 Å². The number of hydrogen-bond donors (Lipinski definition) is 1. The zero-order valence-corrected chi connectivity index (χ0v) is 14.3. The molecule has 0 aliphatic heterocycles. The molecule has 0 bridgehead atoms. The summed E-state index contributed by atoms with van der Waals surface area (Å²) in [5.41, 5.74) is 1.10. The van der Waals surface area contributed by atoms with Gasteiger partial charge in [0.05, 0.1) is 26.5 Å². The van der Waals surface area contributed by atoms with Gasteiger partial charge in [0.1, 0.15) is 17.1 Å². The molecule has 7 nitrogen and oxygen atoms in total. The van der Waals surface area contributed by atoms with Crippen molar-refractivity contribution < 1.29 is 14.3 Å². The van der Waals surface area contributed by atoms with E-state index in [1.807, 2.05) is 0 Å². The Hall–Kier alpha value is -2.83. The lowest BCUT2D eigenvalue weighted by Gasteiger charge is -2.13. The molecule has 1 amide bonds. The maximum Gasteiger partial charge on any atom is 0.266 e. The van der Waals surface area contributed by atoms with Crippen LogP contribution in [-0.4, -0.2) is 36.5 Å². The summed E-state index contributed by atoms with van der Waals surface area (Å²) in [4.78, 5) is 24.4. The zero-order valence-electron chi connectivity index (χ0n) is 14.3. The number of nitrogens with zero attached hydrogens (tertiary/aromatic N) is 2. The maximum absolute atomic E-state index is 12.5. The molecule has 0 unspecified atom stereocenters. The van der Waals surface area contributed by atoms with Gasteiger partial charge < -0.3 is 14.8 Å². The van der Waals surface area contributed by atoms with Crippen LogP contribution in [0.4, 0.5) is 0 Å². The molecule has 1 fully saturated rings. The molecular formula is C18H21N3O4. The second kappa shape index (κ2) is 7.38. The highest BCUT2D eigenvalue weighted by molar-refractivity contribution is 5.99. The molecule has 1 aromatic carbocycles. The van der Waals surface area contributed by atoms with Gasteiger partial charge in [0.25, 0.3) is 11.5 Å². The van der Waals surface area contributed by atoms with Crippen LogP contribution in [-0.2, 0) is 6.54 Å². The van der Waals surface area contributed by atoms with E-state index in [0.29, 0.717) is 29.5 Å². The fourth-order valence-corrected chi connectivity index (χ4v) is 2.66. The lowest BCUT2D eigenvalue weighted by atomic mass is 10.1. The minimum Gasteiger partial charge on any atom is -0.496 e. The molecule has 1 aliphatic carbocycles. The third-order valence-electron chi connectivity index (χ3n) is 4.15. The highest BCUT2D eigenvalue weighted by Gasteiger charge is 2.25. The summed E-state index contributed by atoms with van der Waals surface area (Å²) in [6.45, 7) is 0.587. The van der Waals surface area contributed by atoms with Crippen LogP contribution in [0.1, 0.15) is 34.8 Å². The van der Waals surface area contributed by atoms with Gasteiger partial charge in [0.2, 0.25) is 0 Å². The van der Waals surface area contributed by atoms with E-state index in [-0.39, 0.29) is 18.0 Å². The summed E-state index contributed by atoms with van der Waals surface area (Å²) in [5, 5.41) is 7.16. The summed E-state index contributed by atoms with van der Waals surface area (Å²) in [6.07, 6.45) is 2.24. The number of nitrogens with one attached hydrogen (secondary N) is 1. The van der Waals surface area contributed by atoms with E-state index >= 15 is 0 Å². The molecule has 0 spiro atoms. The third kappa shape index (κ3) is 3.81. The van der Waals surface area contributed by atoms with Gasteiger partial charge in [-0.15, -0.1) is 0 Å². The SMILES string of the molecule is COc1cccc(OC)c1C(=O)NCCn1nc(C2CC2)ccc1=O. The molecule has 2 aromatic rings. The fourth-order valence-electron chi connectivity index (χ4n) is 2.66. The summed E-state index contributed by atoms with van der Waals surface area (Å²) >= 11 is 0. The molecule has 1 aliphatic rings. The highest BCUT2D eigenvalue weighted by atomic mass is 16.5. The van der Waals surface area contributed by atoms with Gasteiger partial charge in [0, 0.05) is 18.5 Å². The summed E-state index contributed by atoms with van der Waals surface area (Å²) < 4.78 is 11.9. The Morgan fingerprint density at radius 2 is 1.88 bits per heavy atom. The van der Waals surface area contributed by atoms with Crippen LogP contribution < -0.4 is 20.3 Å². The molecule has 1 heterocycles. The second-order valence-corrected chi connectivity index (χ2v) is 5.89. The van der Waals surface area contributed by atoms with E-state index in [9.17, 15) is 9.59 Å². The van der Waals surface area contributed by atoms with E-state index < -0.39 is 0 Å². The van der Waals surface area contributed by atoms with Crippen molar-refractivity contribution in [3.63, 3.8) is 0 Å². The van der Waals surface area contributed by atoms with Crippen molar-refractivity contribution in [2.75, 3.05) is 20.8 Å². The standard InChI is InChI=1S/C18H21N3O4/c1-24-14-4-3-5-15(25-2)17(14)18(23)19-10-11-21-16(22)9-8-13(20-21)12-6-7-12/h3-5,8-9,12H,6-7,10-11H2,1-2H3,(H,19,23). The van der Waals surface area contributed by atoms with E-state index in [1.54, 1.807) is 24.3 Å². The molecule has 1 saturated carbocycles. The molecular weight excluding hydrogens is 322 g/mol. The largest absolute Gasteiger partial charge is 0.496 e. The molecule has 25 heavy (non-hydrogen) atoms. The van der Waals surface area contributed by atoms with Crippen molar-refractivity contribution in [2.45, 2.75) is 25.3 Å². The maximum atomic E-state index is 12.5. The predicted octanol–water partition coefficient (Wildman–Crippen LogP) is 1.57.